The average Bonchev–Trinajstić information content (AvgIpc) is 2.74. The molecule has 31 heavy (non-hydrogen) atoms. The number of nitrogens with zero attached hydrogens (tertiary/aromatic N) is 1. The fourth-order valence-corrected chi connectivity index (χ4v) is 2.99. The minimum Gasteiger partial charge on any atom is -0.497 e. The second kappa shape index (κ2) is 9.62. The van der Waals surface area contributed by atoms with Gasteiger partial charge in [-0.2, -0.15) is 0 Å². The van der Waals surface area contributed by atoms with E-state index in [1.807, 2.05) is 25.1 Å². The SMILES string of the molecule is COc1ccc(NC(=O)Nc2ccc(C)n(CC(=O)Nc3cccc(C)c3)c2=O)cc1. The molecule has 0 aliphatic carbocycles. The first kappa shape index (κ1) is 21.6. The topological polar surface area (TPSA) is 101 Å². The number of nitrogens with one attached hydrogen (secondary N) is 3. The van der Waals surface area contributed by atoms with Crippen LogP contribution < -0.4 is 26.2 Å². The van der Waals surface area contributed by atoms with Crippen molar-refractivity contribution in [3.63, 3.8) is 0 Å². The van der Waals surface area contributed by atoms with Gasteiger partial charge in [0.05, 0.1) is 7.11 Å². The summed E-state index contributed by atoms with van der Waals surface area (Å²) in [5.74, 6) is 0.326. The van der Waals surface area contributed by atoms with Crippen LogP contribution in [0.1, 0.15) is 11.3 Å². The van der Waals surface area contributed by atoms with Gasteiger partial charge >= 0.3 is 6.03 Å². The molecule has 0 aliphatic rings. The Labute approximate surface area is 179 Å². The monoisotopic (exact) mass is 420 g/mol. The number of aromatic nitrogens is 1. The first-order valence-electron chi connectivity index (χ1n) is 9.65. The summed E-state index contributed by atoms with van der Waals surface area (Å²) >= 11 is 0. The summed E-state index contributed by atoms with van der Waals surface area (Å²) in [6.07, 6.45) is 0. The third kappa shape index (κ3) is 5.72. The van der Waals surface area contributed by atoms with Crippen molar-refractivity contribution in [2.24, 2.45) is 0 Å². The van der Waals surface area contributed by atoms with E-state index in [1.165, 1.54) is 10.6 Å². The number of urea groups is 1. The van der Waals surface area contributed by atoms with Crippen molar-refractivity contribution < 1.29 is 14.3 Å². The van der Waals surface area contributed by atoms with Gasteiger partial charge in [-0.1, -0.05) is 12.1 Å². The molecule has 0 bridgehead atoms. The largest absolute Gasteiger partial charge is 0.497 e. The van der Waals surface area contributed by atoms with E-state index in [4.69, 9.17) is 4.74 Å². The lowest BCUT2D eigenvalue weighted by atomic mass is 10.2. The second-order valence-corrected chi connectivity index (χ2v) is 7.00. The van der Waals surface area contributed by atoms with E-state index < -0.39 is 11.6 Å². The van der Waals surface area contributed by atoms with Crippen LogP contribution in [0.4, 0.5) is 21.9 Å². The summed E-state index contributed by atoms with van der Waals surface area (Å²) in [7, 11) is 1.55. The maximum atomic E-state index is 12.8. The number of benzene rings is 2. The number of aryl methyl sites for hydroxylation is 2. The number of carbonyl (C=O) groups is 2. The number of carbonyl (C=O) groups excluding carboxylic acids is 2. The average molecular weight is 420 g/mol. The van der Waals surface area contributed by atoms with Crippen molar-refractivity contribution in [1.29, 1.82) is 0 Å². The van der Waals surface area contributed by atoms with Crippen molar-refractivity contribution in [2.45, 2.75) is 20.4 Å². The molecule has 0 spiro atoms. The van der Waals surface area contributed by atoms with Crippen LogP contribution in [0.3, 0.4) is 0 Å². The second-order valence-electron chi connectivity index (χ2n) is 7.00. The summed E-state index contributed by atoms with van der Waals surface area (Å²) in [5.41, 5.74) is 2.42. The summed E-state index contributed by atoms with van der Waals surface area (Å²) in [5, 5.41) is 7.97. The Kier molecular flexibility index (Phi) is 6.71. The van der Waals surface area contributed by atoms with Gasteiger partial charge in [-0.25, -0.2) is 4.79 Å². The standard InChI is InChI=1S/C23H24N4O4/c1-15-5-4-6-18(13-15)24-21(28)14-27-16(2)7-12-20(22(27)29)26-23(30)25-17-8-10-19(31-3)11-9-17/h4-13H,14H2,1-3H3,(H,24,28)(H2,25,26,30). The fourth-order valence-electron chi connectivity index (χ4n) is 2.99. The summed E-state index contributed by atoms with van der Waals surface area (Å²) in [6.45, 7) is 3.48. The van der Waals surface area contributed by atoms with Gasteiger partial charge in [-0.3, -0.25) is 9.59 Å². The highest BCUT2D eigenvalue weighted by molar-refractivity contribution is 5.99. The van der Waals surface area contributed by atoms with Crippen LogP contribution in [-0.2, 0) is 11.3 Å². The van der Waals surface area contributed by atoms with Crippen LogP contribution in [0.25, 0.3) is 0 Å². The van der Waals surface area contributed by atoms with Gasteiger partial charge in [0.15, 0.2) is 0 Å². The zero-order valence-corrected chi connectivity index (χ0v) is 17.6. The molecule has 3 aromatic rings. The molecule has 1 heterocycles. The number of methoxy groups -OCH3 is 1. The van der Waals surface area contributed by atoms with E-state index in [0.717, 1.165) is 5.56 Å². The lowest BCUT2D eigenvalue weighted by molar-refractivity contribution is -0.116. The van der Waals surface area contributed by atoms with Crippen molar-refractivity contribution in [3.05, 3.63) is 82.3 Å². The van der Waals surface area contributed by atoms with Crippen LogP contribution in [0, 0.1) is 13.8 Å². The minimum absolute atomic E-state index is 0.0694. The van der Waals surface area contributed by atoms with Crippen LogP contribution in [-0.4, -0.2) is 23.6 Å². The third-order valence-corrected chi connectivity index (χ3v) is 4.59. The Balaban J connectivity index is 1.69. The Hall–Kier alpha value is -4.07. The smallest absolute Gasteiger partial charge is 0.323 e. The number of hydrogen-bond donors (Lipinski definition) is 3. The Morgan fingerprint density at radius 2 is 1.65 bits per heavy atom. The molecule has 8 heteroatoms. The van der Waals surface area contributed by atoms with E-state index in [1.54, 1.807) is 50.4 Å². The number of ether oxygens (including phenoxy) is 1. The molecule has 0 atom stereocenters. The van der Waals surface area contributed by atoms with Crippen LogP contribution >= 0.6 is 0 Å². The molecule has 3 amide bonds. The first-order chi connectivity index (χ1) is 14.9. The highest BCUT2D eigenvalue weighted by Crippen LogP contribution is 2.15. The normalized spacial score (nSPS) is 10.3. The predicted molar refractivity (Wildman–Crippen MR) is 121 cm³/mol. The van der Waals surface area contributed by atoms with Gasteiger partial charge in [-0.05, 0) is 67.9 Å². The van der Waals surface area contributed by atoms with E-state index in [2.05, 4.69) is 16.0 Å². The van der Waals surface area contributed by atoms with Crippen molar-refractivity contribution >= 4 is 29.0 Å². The predicted octanol–water partition coefficient (Wildman–Crippen LogP) is 3.76. The quantitative estimate of drug-likeness (QED) is 0.565. The molecule has 0 radical (unpaired) electrons. The molecular weight excluding hydrogens is 396 g/mol. The molecule has 0 unspecified atom stereocenters. The molecule has 3 N–H and O–H groups in total. The maximum Gasteiger partial charge on any atom is 0.323 e. The van der Waals surface area contributed by atoms with E-state index >= 15 is 0 Å². The minimum atomic E-state index is -0.568. The maximum absolute atomic E-state index is 12.8. The van der Waals surface area contributed by atoms with Gasteiger partial charge < -0.3 is 25.3 Å². The number of amides is 3. The van der Waals surface area contributed by atoms with Crippen LogP contribution in [0.5, 0.6) is 5.75 Å². The van der Waals surface area contributed by atoms with Gasteiger partial charge in [0.25, 0.3) is 5.56 Å². The highest BCUT2D eigenvalue weighted by atomic mass is 16.5. The molecule has 2 aromatic carbocycles. The van der Waals surface area contributed by atoms with Gasteiger partial charge in [0.2, 0.25) is 5.91 Å². The van der Waals surface area contributed by atoms with Gasteiger partial charge in [0.1, 0.15) is 18.0 Å². The van der Waals surface area contributed by atoms with Crippen molar-refractivity contribution in [1.82, 2.24) is 4.57 Å². The van der Waals surface area contributed by atoms with E-state index in [-0.39, 0.29) is 18.1 Å². The highest BCUT2D eigenvalue weighted by Gasteiger charge is 2.13. The lowest BCUT2D eigenvalue weighted by Gasteiger charge is -2.13. The fraction of sp³-hybridized carbons (Fsp3) is 0.174. The molecule has 160 valence electrons. The molecule has 8 nitrogen and oxygen atoms in total. The molecule has 0 saturated heterocycles. The van der Waals surface area contributed by atoms with Gasteiger partial charge in [0, 0.05) is 17.1 Å². The summed E-state index contributed by atoms with van der Waals surface area (Å²) < 4.78 is 6.39. The Bertz CT molecular complexity index is 1150. The molecule has 3 rings (SSSR count). The zero-order chi connectivity index (χ0) is 22.4. The number of hydrogen-bond acceptors (Lipinski definition) is 4. The Morgan fingerprint density at radius 1 is 0.903 bits per heavy atom. The van der Waals surface area contributed by atoms with Gasteiger partial charge in [-0.15, -0.1) is 0 Å². The molecule has 0 aliphatic heterocycles. The van der Waals surface area contributed by atoms with Crippen molar-refractivity contribution in [2.75, 3.05) is 23.1 Å². The molecule has 0 fully saturated rings. The number of rotatable bonds is 6. The third-order valence-electron chi connectivity index (χ3n) is 4.59. The summed E-state index contributed by atoms with van der Waals surface area (Å²) in [6, 6.07) is 16.8. The van der Waals surface area contributed by atoms with E-state index in [0.29, 0.717) is 22.8 Å². The molecular formula is C23H24N4O4. The lowest BCUT2D eigenvalue weighted by Crippen LogP contribution is -2.32. The Morgan fingerprint density at radius 3 is 2.32 bits per heavy atom. The van der Waals surface area contributed by atoms with Crippen LogP contribution in [0.15, 0.2) is 65.5 Å². The molecule has 0 saturated carbocycles. The summed E-state index contributed by atoms with van der Waals surface area (Å²) in [4.78, 5) is 37.6. The first-order valence-corrected chi connectivity index (χ1v) is 9.65. The number of anilines is 3. The number of pyridine rings is 1. The zero-order valence-electron chi connectivity index (χ0n) is 17.6. The van der Waals surface area contributed by atoms with Crippen LogP contribution in [0.2, 0.25) is 0 Å². The van der Waals surface area contributed by atoms with Crippen molar-refractivity contribution in [3.8, 4) is 5.75 Å². The van der Waals surface area contributed by atoms with E-state index in [9.17, 15) is 14.4 Å². The molecule has 1 aromatic heterocycles.